The van der Waals surface area contributed by atoms with E-state index in [9.17, 15) is 0 Å². The van der Waals surface area contributed by atoms with Gasteiger partial charge in [0.1, 0.15) is 6.04 Å². The predicted molar refractivity (Wildman–Crippen MR) is 64.9 cm³/mol. The minimum atomic E-state index is -0.297. The molecule has 0 radical (unpaired) electrons. The number of benzene rings is 1. The maximum absolute atomic E-state index is 9.12. The summed E-state index contributed by atoms with van der Waals surface area (Å²) in [6.45, 7) is 4.25. The molecule has 0 saturated carbocycles. The van der Waals surface area contributed by atoms with Gasteiger partial charge in [-0.15, -0.1) is 6.58 Å². The van der Waals surface area contributed by atoms with Gasteiger partial charge in [0.25, 0.3) is 0 Å². The SMILES string of the molecule is C=CCNC(C#N)c1c[nH]c2ccccc12. The van der Waals surface area contributed by atoms with Gasteiger partial charge in [-0.2, -0.15) is 5.26 Å². The second-order valence-electron chi connectivity index (χ2n) is 3.55. The summed E-state index contributed by atoms with van der Waals surface area (Å²) >= 11 is 0. The van der Waals surface area contributed by atoms with Crippen LogP contribution in [0.1, 0.15) is 11.6 Å². The van der Waals surface area contributed by atoms with Gasteiger partial charge in [-0.1, -0.05) is 24.3 Å². The van der Waals surface area contributed by atoms with Crippen LogP contribution in [0.2, 0.25) is 0 Å². The molecule has 3 heteroatoms. The van der Waals surface area contributed by atoms with Gasteiger partial charge in [0.15, 0.2) is 0 Å². The highest BCUT2D eigenvalue weighted by molar-refractivity contribution is 5.83. The van der Waals surface area contributed by atoms with E-state index in [2.05, 4.69) is 22.9 Å². The Morgan fingerprint density at radius 3 is 3.06 bits per heavy atom. The highest BCUT2D eigenvalue weighted by Crippen LogP contribution is 2.23. The lowest BCUT2D eigenvalue weighted by molar-refractivity contribution is 0.687. The number of nitrogens with zero attached hydrogens (tertiary/aromatic N) is 1. The van der Waals surface area contributed by atoms with Gasteiger partial charge >= 0.3 is 0 Å². The highest BCUT2D eigenvalue weighted by atomic mass is 14.9. The maximum atomic E-state index is 9.12. The second-order valence-corrected chi connectivity index (χ2v) is 3.55. The number of nitriles is 1. The van der Waals surface area contributed by atoms with E-state index in [1.165, 1.54) is 0 Å². The number of rotatable bonds is 4. The molecule has 0 aliphatic heterocycles. The number of hydrogen-bond donors (Lipinski definition) is 2. The van der Waals surface area contributed by atoms with Gasteiger partial charge in [0.2, 0.25) is 0 Å². The average molecular weight is 211 g/mol. The van der Waals surface area contributed by atoms with E-state index in [0.717, 1.165) is 16.5 Å². The summed E-state index contributed by atoms with van der Waals surface area (Å²) in [4.78, 5) is 3.16. The number of aromatic amines is 1. The maximum Gasteiger partial charge on any atom is 0.123 e. The zero-order chi connectivity index (χ0) is 11.4. The largest absolute Gasteiger partial charge is 0.361 e. The normalized spacial score (nSPS) is 12.2. The van der Waals surface area contributed by atoms with E-state index in [4.69, 9.17) is 5.26 Å². The zero-order valence-corrected chi connectivity index (χ0v) is 8.90. The Morgan fingerprint density at radius 2 is 2.31 bits per heavy atom. The zero-order valence-electron chi connectivity index (χ0n) is 8.90. The number of para-hydroxylation sites is 1. The monoisotopic (exact) mass is 211 g/mol. The third-order valence-electron chi connectivity index (χ3n) is 2.53. The molecule has 1 aromatic carbocycles. The topological polar surface area (TPSA) is 51.6 Å². The van der Waals surface area contributed by atoms with Crippen molar-refractivity contribution in [2.45, 2.75) is 6.04 Å². The first-order chi connectivity index (χ1) is 7.86. The summed E-state index contributed by atoms with van der Waals surface area (Å²) < 4.78 is 0. The number of fused-ring (bicyclic) bond motifs is 1. The van der Waals surface area contributed by atoms with Crippen molar-refractivity contribution in [3.63, 3.8) is 0 Å². The Kier molecular flexibility index (Phi) is 3.04. The fraction of sp³-hybridized carbons (Fsp3) is 0.154. The van der Waals surface area contributed by atoms with Gasteiger partial charge in [-0.3, -0.25) is 5.32 Å². The fourth-order valence-corrected chi connectivity index (χ4v) is 1.76. The van der Waals surface area contributed by atoms with Crippen LogP contribution in [-0.2, 0) is 0 Å². The molecule has 1 unspecified atom stereocenters. The van der Waals surface area contributed by atoms with Crippen LogP contribution in [0, 0.1) is 11.3 Å². The van der Waals surface area contributed by atoms with Gasteiger partial charge in [-0.25, -0.2) is 0 Å². The molecule has 0 amide bonds. The van der Waals surface area contributed by atoms with E-state index in [-0.39, 0.29) is 6.04 Å². The van der Waals surface area contributed by atoms with Crippen LogP contribution >= 0.6 is 0 Å². The van der Waals surface area contributed by atoms with Gasteiger partial charge in [0.05, 0.1) is 6.07 Å². The van der Waals surface area contributed by atoms with Crippen molar-refractivity contribution in [1.82, 2.24) is 10.3 Å². The Labute approximate surface area is 94.4 Å². The number of H-pyrrole nitrogens is 1. The van der Waals surface area contributed by atoms with E-state index >= 15 is 0 Å². The summed E-state index contributed by atoms with van der Waals surface area (Å²) in [7, 11) is 0. The Morgan fingerprint density at radius 1 is 1.50 bits per heavy atom. The lowest BCUT2D eigenvalue weighted by atomic mass is 10.1. The summed E-state index contributed by atoms with van der Waals surface area (Å²) in [6.07, 6.45) is 3.63. The molecule has 1 atom stereocenters. The third kappa shape index (κ3) is 1.83. The molecule has 80 valence electrons. The molecule has 0 bridgehead atoms. The second kappa shape index (κ2) is 4.65. The lowest BCUT2D eigenvalue weighted by Crippen LogP contribution is -2.19. The fourth-order valence-electron chi connectivity index (χ4n) is 1.76. The molecular weight excluding hydrogens is 198 g/mol. The molecule has 3 nitrogen and oxygen atoms in total. The van der Waals surface area contributed by atoms with Crippen molar-refractivity contribution < 1.29 is 0 Å². The summed E-state index contributed by atoms with van der Waals surface area (Å²) in [5.41, 5.74) is 2.04. The minimum absolute atomic E-state index is 0.297. The quantitative estimate of drug-likeness (QED) is 0.763. The summed E-state index contributed by atoms with van der Waals surface area (Å²) in [5, 5.41) is 13.3. The molecule has 2 aromatic rings. The molecule has 0 fully saturated rings. The first kappa shape index (κ1) is 10.5. The molecule has 0 aliphatic rings. The number of nitrogens with one attached hydrogen (secondary N) is 2. The molecule has 16 heavy (non-hydrogen) atoms. The van der Waals surface area contributed by atoms with E-state index in [1.807, 2.05) is 30.5 Å². The summed E-state index contributed by atoms with van der Waals surface area (Å²) in [6, 6.07) is 9.92. The Hall–Kier alpha value is -2.05. The van der Waals surface area contributed by atoms with Crippen molar-refractivity contribution in [3.8, 4) is 6.07 Å². The third-order valence-corrected chi connectivity index (χ3v) is 2.53. The van der Waals surface area contributed by atoms with Gasteiger partial charge in [-0.05, 0) is 6.07 Å². The van der Waals surface area contributed by atoms with Crippen molar-refractivity contribution in [2.24, 2.45) is 0 Å². The summed E-state index contributed by atoms with van der Waals surface area (Å²) in [5.74, 6) is 0. The van der Waals surface area contributed by atoms with Crippen LogP contribution in [0.4, 0.5) is 0 Å². The van der Waals surface area contributed by atoms with Crippen molar-refractivity contribution >= 4 is 10.9 Å². The van der Waals surface area contributed by atoms with E-state index < -0.39 is 0 Å². The molecule has 2 rings (SSSR count). The van der Waals surface area contributed by atoms with Crippen molar-refractivity contribution in [1.29, 1.82) is 5.26 Å². The molecule has 0 aliphatic carbocycles. The van der Waals surface area contributed by atoms with Crippen LogP contribution in [0.3, 0.4) is 0 Å². The Balaban J connectivity index is 2.38. The van der Waals surface area contributed by atoms with Crippen molar-refractivity contribution in [3.05, 3.63) is 48.7 Å². The number of hydrogen-bond acceptors (Lipinski definition) is 2. The van der Waals surface area contributed by atoms with E-state index in [0.29, 0.717) is 6.54 Å². The molecule has 0 saturated heterocycles. The van der Waals surface area contributed by atoms with E-state index in [1.54, 1.807) is 6.08 Å². The average Bonchev–Trinajstić information content (AvgIpc) is 2.75. The number of aromatic nitrogens is 1. The Bertz CT molecular complexity index is 533. The molecule has 0 spiro atoms. The van der Waals surface area contributed by atoms with Crippen molar-refractivity contribution in [2.75, 3.05) is 6.54 Å². The first-order valence-electron chi connectivity index (χ1n) is 5.16. The van der Waals surface area contributed by atoms with Gasteiger partial charge in [0, 0.05) is 29.2 Å². The van der Waals surface area contributed by atoms with Crippen LogP contribution in [0.5, 0.6) is 0 Å². The van der Waals surface area contributed by atoms with Crippen LogP contribution in [-0.4, -0.2) is 11.5 Å². The standard InChI is InChI=1S/C13H13N3/c1-2-7-15-13(8-14)11-9-16-12-6-4-3-5-10(11)12/h2-6,9,13,15-16H,1,7H2. The molecule has 2 N–H and O–H groups in total. The molecule has 1 aromatic heterocycles. The van der Waals surface area contributed by atoms with Crippen LogP contribution in [0.15, 0.2) is 43.1 Å². The molecule has 1 heterocycles. The van der Waals surface area contributed by atoms with Crippen LogP contribution in [0.25, 0.3) is 10.9 Å². The molecular formula is C13H13N3. The minimum Gasteiger partial charge on any atom is -0.361 e. The predicted octanol–water partition coefficient (Wildman–Crippen LogP) is 2.51. The van der Waals surface area contributed by atoms with Crippen LogP contribution < -0.4 is 5.32 Å². The van der Waals surface area contributed by atoms with Gasteiger partial charge < -0.3 is 4.98 Å². The first-order valence-corrected chi connectivity index (χ1v) is 5.16. The lowest BCUT2D eigenvalue weighted by Gasteiger charge is -2.08. The highest BCUT2D eigenvalue weighted by Gasteiger charge is 2.13. The smallest absolute Gasteiger partial charge is 0.123 e.